The Balaban J connectivity index is 1.91. The molecule has 0 amide bonds. The first kappa shape index (κ1) is 38.5. The van der Waals surface area contributed by atoms with Crippen LogP contribution in [0.25, 0.3) is 0 Å². The van der Waals surface area contributed by atoms with Crippen LogP contribution in [0.15, 0.2) is 30.4 Å². The Morgan fingerprint density at radius 1 is 0.674 bits per heavy atom. The van der Waals surface area contributed by atoms with Crippen LogP contribution in [0.5, 0.6) is 5.75 Å². The summed E-state index contributed by atoms with van der Waals surface area (Å²) in [5.41, 5.74) is 2.09. The van der Waals surface area contributed by atoms with Crippen LogP contribution in [0.2, 0.25) is 0 Å². The van der Waals surface area contributed by atoms with Gasteiger partial charge in [0.05, 0.1) is 72.5 Å². The number of unbranched alkanes of at least 4 members (excludes halogenated alkanes) is 6. The molecule has 0 aliphatic heterocycles. The Bertz CT molecular complexity index is 873. The minimum Gasteiger partial charge on any atom is -0.508 e. The van der Waals surface area contributed by atoms with Gasteiger partial charge in [-0.15, -0.1) is 0 Å². The molecule has 43 heavy (non-hydrogen) atoms. The second kappa shape index (κ2) is 27.1. The second-order valence-electron chi connectivity index (χ2n) is 10.2. The second-order valence-corrected chi connectivity index (χ2v) is 10.2. The maximum absolute atomic E-state index is 12.2. The number of phenolic OH excluding ortho intramolecular Hbond substituents is 1. The van der Waals surface area contributed by atoms with Crippen molar-refractivity contribution in [3.63, 3.8) is 0 Å². The fourth-order valence-corrected chi connectivity index (χ4v) is 3.95. The van der Waals surface area contributed by atoms with Gasteiger partial charge < -0.3 is 38.3 Å². The average Bonchev–Trinajstić information content (AvgIpc) is 2.99. The van der Waals surface area contributed by atoms with Crippen LogP contribution in [0.4, 0.5) is 0 Å². The van der Waals surface area contributed by atoms with Gasteiger partial charge in [-0.3, -0.25) is 4.79 Å². The van der Waals surface area contributed by atoms with Crippen LogP contribution < -0.4 is 0 Å². The first-order chi connectivity index (χ1) is 20.9. The van der Waals surface area contributed by atoms with Gasteiger partial charge in [-0.25, -0.2) is 4.79 Å². The predicted molar refractivity (Wildman–Crippen MR) is 164 cm³/mol. The third kappa shape index (κ3) is 22.7. The summed E-state index contributed by atoms with van der Waals surface area (Å²) in [6, 6.07) is 5.34. The van der Waals surface area contributed by atoms with Crippen molar-refractivity contribution in [3.05, 3.63) is 41.5 Å². The SMILES string of the molecule is C=C(C)C(=O)OCCOCCOCCOCCOCCOCCOC(=O)Cc1ccc(O)c(CCCCCCCCC)c1. The molecular formula is C33H54O10. The lowest BCUT2D eigenvalue weighted by Crippen LogP contribution is -2.16. The lowest BCUT2D eigenvalue weighted by molar-refractivity contribution is -0.144. The minimum atomic E-state index is -0.419. The third-order valence-electron chi connectivity index (χ3n) is 6.33. The molecule has 0 heterocycles. The number of aryl methyl sites for hydroxylation is 1. The number of benzene rings is 1. The molecule has 1 aromatic carbocycles. The van der Waals surface area contributed by atoms with E-state index in [1.807, 2.05) is 6.07 Å². The van der Waals surface area contributed by atoms with E-state index in [1.54, 1.807) is 19.1 Å². The summed E-state index contributed by atoms with van der Waals surface area (Å²) in [4.78, 5) is 23.4. The monoisotopic (exact) mass is 610 g/mol. The largest absolute Gasteiger partial charge is 0.508 e. The third-order valence-corrected chi connectivity index (χ3v) is 6.33. The molecule has 1 aromatic rings. The number of carbonyl (C=O) groups excluding carboxylic acids is 2. The van der Waals surface area contributed by atoms with E-state index in [2.05, 4.69) is 13.5 Å². The molecule has 0 aromatic heterocycles. The highest BCUT2D eigenvalue weighted by molar-refractivity contribution is 5.86. The molecule has 10 nitrogen and oxygen atoms in total. The summed E-state index contributed by atoms with van der Waals surface area (Å²) in [5.74, 6) is -0.449. The van der Waals surface area contributed by atoms with Crippen molar-refractivity contribution in [2.45, 2.75) is 71.6 Å². The number of hydrogen-bond donors (Lipinski definition) is 1. The molecule has 0 atom stereocenters. The van der Waals surface area contributed by atoms with Gasteiger partial charge in [-0.2, -0.15) is 0 Å². The summed E-state index contributed by atoms with van der Waals surface area (Å²) in [6.45, 7) is 11.7. The molecular weight excluding hydrogens is 556 g/mol. The van der Waals surface area contributed by atoms with E-state index < -0.39 is 5.97 Å². The van der Waals surface area contributed by atoms with Gasteiger partial charge in [0.2, 0.25) is 0 Å². The number of esters is 2. The maximum atomic E-state index is 12.2. The first-order valence-electron chi connectivity index (χ1n) is 15.6. The molecule has 0 spiro atoms. The number of aromatic hydroxyl groups is 1. The highest BCUT2D eigenvalue weighted by Crippen LogP contribution is 2.22. The van der Waals surface area contributed by atoms with Crippen molar-refractivity contribution >= 4 is 11.9 Å². The van der Waals surface area contributed by atoms with Gasteiger partial charge >= 0.3 is 11.9 Å². The maximum Gasteiger partial charge on any atom is 0.333 e. The predicted octanol–water partition coefficient (Wildman–Crippen LogP) is 4.97. The van der Waals surface area contributed by atoms with Crippen LogP contribution in [0, 0.1) is 0 Å². The zero-order chi connectivity index (χ0) is 31.4. The van der Waals surface area contributed by atoms with Crippen LogP contribution in [-0.2, 0) is 55.6 Å². The van der Waals surface area contributed by atoms with Crippen LogP contribution >= 0.6 is 0 Å². The van der Waals surface area contributed by atoms with E-state index in [9.17, 15) is 14.7 Å². The summed E-state index contributed by atoms with van der Waals surface area (Å²) in [5, 5.41) is 10.2. The van der Waals surface area contributed by atoms with Crippen molar-refractivity contribution in [2.75, 3.05) is 79.3 Å². The Morgan fingerprint density at radius 2 is 1.14 bits per heavy atom. The highest BCUT2D eigenvalue weighted by Gasteiger charge is 2.09. The topological polar surface area (TPSA) is 119 Å². The molecule has 0 aliphatic rings. The molecule has 246 valence electrons. The lowest BCUT2D eigenvalue weighted by Gasteiger charge is -2.09. The number of ether oxygens (including phenoxy) is 7. The number of carbonyl (C=O) groups is 2. The fraction of sp³-hybridized carbons (Fsp3) is 0.697. The smallest absolute Gasteiger partial charge is 0.333 e. The normalized spacial score (nSPS) is 11.0. The molecule has 0 unspecified atom stereocenters. The standard InChI is InChI=1S/C33H54O10/c1-4-5-6-7-8-9-10-11-30-26-29(12-13-31(30)34)27-32(35)42-24-22-40-20-18-38-16-14-37-15-17-39-19-21-41-23-25-43-33(36)28(2)3/h12-13,26,34H,2,4-11,14-25,27H2,1,3H3. The zero-order valence-corrected chi connectivity index (χ0v) is 26.4. The van der Waals surface area contributed by atoms with E-state index in [0.29, 0.717) is 71.6 Å². The summed E-state index contributed by atoms with van der Waals surface area (Å²) < 4.78 is 37.2. The lowest BCUT2D eigenvalue weighted by atomic mass is 10.0. The molecule has 0 fully saturated rings. The van der Waals surface area contributed by atoms with Crippen molar-refractivity contribution in [1.29, 1.82) is 0 Å². The Kier molecular flexibility index (Phi) is 24.3. The Morgan fingerprint density at radius 3 is 1.65 bits per heavy atom. The quantitative estimate of drug-likeness (QED) is 0.0756. The van der Waals surface area contributed by atoms with E-state index in [0.717, 1.165) is 30.4 Å². The van der Waals surface area contributed by atoms with Gasteiger partial charge in [0.15, 0.2) is 0 Å². The molecule has 1 N–H and O–H groups in total. The Hall–Kier alpha value is -2.50. The molecule has 0 radical (unpaired) electrons. The van der Waals surface area contributed by atoms with Crippen LogP contribution in [-0.4, -0.2) is 96.3 Å². The van der Waals surface area contributed by atoms with Crippen LogP contribution in [0.3, 0.4) is 0 Å². The number of rotatable bonds is 29. The summed E-state index contributed by atoms with van der Waals surface area (Å²) >= 11 is 0. The van der Waals surface area contributed by atoms with Gasteiger partial charge in [-0.05, 0) is 37.0 Å². The molecule has 10 heteroatoms. The van der Waals surface area contributed by atoms with Crippen molar-refractivity contribution in [3.8, 4) is 5.75 Å². The van der Waals surface area contributed by atoms with Crippen molar-refractivity contribution < 1.29 is 47.9 Å². The van der Waals surface area contributed by atoms with E-state index in [1.165, 1.54) is 32.1 Å². The molecule has 0 bridgehead atoms. The molecule has 0 saturated carbocycles. The van der Waals surface area contributed by atoms with Gasteiger partial charge in [-0.1, -0.05) is 64.2 Å². The van der Waals surface area contributed by atoms with Crippen molar-refractivity contribution in [2.24, 2.45) is 0 Å². The number of phenols is 1. The Labute approximate surface area is 258 Å². The van der Waals surface area contributed by atoms with Crippen LogP contribution in [0.1, 0.15) is 69.9 Å². The fourth-order valence-electron chi connectivity index (χ4n) is 3.95. The molecule has 0 aliphatic carbocycles. The first-order valence-corrected chi connectivity index (χ1v) is 15.6. The highest BCUT2D eigenvalue weighted by atomic mass is 16.6. The minimum absolute atomic E-state index is 0.168. The van der Waals surface area contributed by atoms with E-state index >= 15 is 0 Å². The van der Waals surface area contributed by atoms with Gasteiger partial charge in [0.25, 0.3) is 0 Å². The molecule has 0 saturated heterocycles. The average molecular weight is 611 g/mol. The molecule has 1 rings (SSSR count). The van der Waals surface area contributed by atoms with E-state index in [4.69, 9.17) is 33.2 Å². The summed E-state index contributed by atoms with van der Waals surface area (Å²) in [7, 11) is 0. The number of hydrogen-bond acceptors (Lipinski definition) is 10. The van der Waals surface area contributed by atoms with E-state index in [-0.39, 0.29) is 31.4 Å². The van der Waals surface area contributed by atoms with Crippen molar-refractivity contribution in [1.82, 2.24) is 0 Å². The summed E-state index contributed by atoms with van der Waals surface area (Å²) in [6.07, 6.45) is 9.52. The van der Waals surface area contributed by atoms with Gasteiger partial charge in [0.1, 0.15) is 19.0 Å². The zero-order valence-electron chi connectivity index (χ0n) is 26.4. The van der Waals surface area contributed by atoms with Gasteiger partial charge in [0, 0.05) is 5.57 Å².